The normalized spacial score (nSPS) is 15.9. The Labute approximate surface area is 177 Å². The summed E-state index contributed by atoms with van der Waals surface area (Å²) in [4.78, 5) is 27.1. The van der Waals surface area contributed by atoms with Gasteiger partial charge < -0.3 is 0 Å². The fraction of sp³-hybridized carbons (Fsp3) is 0.591. The number of hydrogen-bond donors (Lipinski definition) is 0. The zero-order chi connectivity index (χ0) is 20.0. The second kappa shape index (κ2) is 10.5. The summed E-state index contributed by atoms with van der Waals surface area (Å²) in [5.41, 5.74) is 2.55. The molecule has 0 bridgehead atoms. The highest BCUT2D eigenvalue weighted by Crippen LogP contribution is 2.44. The van der Waals surface area contributed by atoms with Crippen molar-refractivity contribution in [1.29, 1.82) is 0 Å². The molecule has 0 fully saturated rings. The number of benzene rings is 1. The SMILES string of the molecule is CCCCCCCCCCC1C(=O)N(C(C)=O)c2ccc(Br)c(C(C)=S)c21. The largest absolute Gasteiger partial charge is 0.274 e. The van der Waals surface area contributed by atoms with E-state index in [2.05, 4.69) is 22.9 Å². The van der Waals surface area contributed by atoms with Gasteiger partial charge in [0.15, 0.2) is 0 Å². The Balaban J connectivity index is 2.09. The molecule has 27 heavy (non-hydrogen) atoms. The van der Waals surface area contributed by atoms with Crippen LogP contribution in [-0.4, -0.2) is 16.7 Å². The minimum Gasteiger partial charge on any atom is -0.274 e. The van der Waals surface area contributed by atoms with E-state index in [0.717, 1.165) is 39.7 Å². The zero-order valence-electron chi connectivity index (χ0n) is 16.6. The molecule has 148 valence electrons. The zero-order valence-corrected chi connectivity index (χ0v) is 19.0. The molecule has 1 aliphatic heterocycles. The van der Waals surface area contributed by atoms with Gasteiger partial charge in [0.1, 0.15) is 0 Å². The molecule has 0 saturated carbocycles. The number of carbonyl (C=O) groups is 2. The summed E-state index contributed by atoms with van der Waals surface area (Å²) in [6.07, 6.45) is 10.6. The Morgan fingerprint density at radius 2 is 1.67 bits per heavy atom. The Hall–Kier alpha value is -1.07. The van der Waals surface area contributed by atoms with Crippen LogP contribution in [0, 0.1) is 0 Å². The lowest BCUT2D eigenvalue weighted by molar-refractivity contribution is -0.125. The number of nitrogens with zero attached hydrogens (tertiary/aromatic N) is 1. The molecule has 3 nitrogen and oxygen atoms in total. The van der Waals surface area contributed by atoms with Crippen LogP contribution in [0.3, 0.4) is 0 Å². The van der Waals surface area contributed by atoms with Gasteiger partial charge in [-0.05, 0) is 31.0 Å². The van der Waals surface area contributed by atoms with Crippen LogP contribution < -0.4 is 4.90 Å². The molecule has 0 radical (unpaired) electrons. The smallest absolute Gasteiger partial charge is 0.241 e. The molecular formula is C22H30BrNO2S. The highest BCUT2D eigenvalue weighted by Gasteiger charge is 2.41. The van der Waals surface area contributed by atoms with E-state index in [1.165, 1.54) is 50.3 Å². The third-order valence-electron chi connectivity index (χ3n) is 5.29. The van der Waals surface area contributed by atoms with E-state index in [0.29, 0.717) is 5.69 Å². The Morgan fingerprint density at radius 1 is 1.07 bits per heavy atom. The van der Waals surface area contributed by atoms with Crippen LogP contribution in [-0.2, 0) is 9.59 Å². The van der Waals surface area contributed by atoms with Gasteiger partial charge in [-0.25, -0.2) is 4.90 Å². The number of rotatable bonds is 10. The second-order valence-electron chi connectivity index (χ2n) is 7.42. The first-order valence-corrected chi connectivity index (χ1v) is 11.3. The molecule has 0 N–H and O–H groups in total. The maximum absolute atomic E-state index is 13.0. The van der Waals surface area contributed by atoms with Gasteiger partial charge in [0.05, 0.1) is 11.6 Å². The van der Waals surface area contributed by atoms with Crippen molar-refractivity contribution in [3.63, 3.8) is 0 Å². The number of halogens is 1. The number of imide groups is 1. The predicted molar refractivity (Wildman–Crippen MR) is 120 cm³/mol. The van der Waals surface area contributed by atoms with Crippen molar-refractivity contribution in [3.8, 4) is 0 Å². The highest BCUT2D eigenvalue weighted by molar-refractivity contribution is 9.10. The first kappa shape index (κ1) is 22.2. The number of fused-ring (bicyclic) bond motifs is 1. The molecule has 1 heterocycles. The number of carbonyl (C=O) groups excluding carboxylic acids is 2. The lowest BCUT2D eigenvalue weighted by Gasteiger charge is -2.14. The molecule has 1 atom stereocenters. The molecule has 5 heteroatoms. The monoisotopic (exact) mass is 451 g/mol. The lowest BCUT2D eigenvalue weighted by Crippen LogP contribution is -2.33. The van der Waals surface area contributed by atoms with Gasteiger partial charge >= 0.3 is 0 Å². The minimum absolute atomic E-state index is 0.101. The fourth-order valence-electron chi connectivity index (χ4n) is 3.96. The quantitative estimate of drug-likeness (QED) is 0.225. The van der Waals surface area contributed by atoms with E-state index in [4.69, 9.17) is 12.2 Å². The number of thiocarbonyl (C=S) groups is 1. The first-order chi connectivity index (χ1) is 12.9. The molecule has 1 aromatic carbocycles. The molecule has 1 aromatic rings. The molecular weight excluding hydrogens is 422 g/mol. The van der Waals surface area contributed by atoms with Gasteiger partial charge in [-0.3, -0.25) is 9.59 Å². The molecule has 2 rings (SSSR count). The summed E-state index contributed by atoms with van der Waals surface area (Å²) >= 11 is 9.02. The van der Waals surface area contributed by atoms with E-state index < -0.39 is 0 Å². The van der Waals surface area contributed by atoms with E-state index in [1.807, 2.05) is 19.1 Å². The Kier molecular flexibility index (Phi) is 8.62. The van der Waals surface area contributed by atoms with Gasteiger partial charge in [0.25, 0.3) is 0 Å². The highest BCUT2D eigenvalue weighted by atomic mass is 79.9. The van der Waals surface area contributed by atoms with Crippen molar-refractivity contribution in [1.82, 2.24) is 0 Å². The molecule has 2 amide bonds. The standard InChI is InChI=1S/C22H30BrNO2S/c1-4-5-6-7-8-9-10-11-12-17-21-19(24(16(3)25)22(17)26)14-13-18(23)20(21)15(2)27/h13-14,17H,4-12H2,1-3H3. The van der Waals surface area contributed by atoms with Crippen molar-refractivity contribution >= 4 is 50.5 Å². The first-order valence-electron chi connectivity index (χ1n) is 10.1. The Morgan fingerprint density at radius 3 is 2.22 bits per heavy atom. The van der Waals surface area contributed by atoms with Gasteiger partial charge in [-0.2, -0.15) is 0 Å². The number of unbranched alkanes of at least 4 members (excludes halogenated alkanes) is 7. The van der Waals surface area contributed by atoms with Crippen LogP contribution in [0.15, 0.2) is 16.6 Å². The summed E-state index contributed by atoms with van der Waals surface area (Å²) < 4.78 is 0.896. The molecule has 0 aliphatic carbocycles. The molecule has 0 aromatic heterocycles. The van der Waals surface area contributed by atoms with Crippen LogP contribution >= 0.6 is 28.1 Å². The predicted octanol–water partition coefficient (Wildman–Crippen LogP) is 6.69. The fourth-order valence-corrected chi connectivity index (χ4v) is 4.95. The number of anilines is 1. The minimum atomic E-state index is -0.269. The molecule has 0 saturated heterocycles. The summed E-state index contributed by atoms with van der Waals surface area (Å²) in [6.45, 7) is 5.56. The topological polar surface area (TPSA) is 37.4 Å². The van der Waals surface area contributed by atoms with E-state index in [1.54, 1.807) is 0 Å². The van der Waals surface area contributed by atoms with Crippen LogP contribution in [0.2, 0.25) is 0 Å². The second-order valence-corrected chi connectivity index (χ2v) is 8.89. The van der Waals surface area contributed by atoms with Crippen LogP contribution in [0.25, 0.3) is 0 Å². The summed E-state index contributed by atoms with van der Waals surface area (Å²) in [7, 11) is 0. The number of hydrogen-bond acceptors (Lipinski definition) is 3. The maximum Gasteiger partial charge on any atom is 0.241 e. The molecule has 0 spiro atoms. The van der Waals surface area contributed by atoms with Crippen LogP contribution in [0.1, 0.15) is 95.6 Å². The van der Waals surface area contributed by atoms with Crippen molar-refractivity contribution < 1.29 is 9.59 Å². The van der Waals surface area contributed by atoms with E-state index in [9.17, 15) is 9.59 Å². The average molecular weight is 452 g/mol. The van der Waals surface area contributed by atoms with Gasteiger partial charge in [-0.1, -0.05) is 86.4 Å². The number of amides is 2. The van der Waals surface area contributed by atoms with Gasteiger partial charge in [0.2, 0.25) is 11.8 Å². The van der Waals surface area contributed by atoms with Crippen LogP contribution in [0.5, 0.6) is 0 Å². The molecule has 1 unspecified atom stereocenters. The van der Waals surface area contributed by atoms with Crippen LogP contribution in [0.4, 0.5) is 5.69 Å². The third kappa shape index (κ3) is 5.26. The average Bonchev–Trinajstić information content (AvgIpc) is 2.88. The third-order valence-corrected chi connectivity index (χ3v) is 6.16. The molecule has 1 aliphatic rings. The van der Waals surface area contributed by atoms with Crippen molar-refractivity contribution in [2.75, 3.05) is 4.90 Å². The van der Waals surface area contributed by atoms with Crippen molar-refractivity contribution in [3.05, 3.63) is 27.7 Å². The maximum atomic E-state index is 13.0. The van der Waals surface area contributed by atoms with Crippen molar-refractivity contribution in [2.45, 2.75) is 84.5 Å². The summed E-state index contributed by atoms with van der Waals surface area (Å²) in [6, 6.07) is 3.74. The lowest BCUT2D eigenvalue weighted by atomic mass is 9.89. The van der Waals surface area contributed by atoms with Gasteiger partial charge in [-0.15, -0.1) is 0 Å². The van der Waals surface area contributed by atoms with E-state index >= 15 is 0 Å². The van der Waals surface area contributed by atoms with Gasteiger partial charge in [0, 0.05) is 21.8 Å². The van der Waals surface area contributed by atoms with Crippen molar-refractivity contribution in [2.24, 2.45) is 0 Å². The summed E-state index contributed by atoms with van der Waals surface area (Å²) in [5, 5.41) is 0. The van der Waals surface area contributed by atoms with E-state index in [-0.39, 0.29) is 17.7 Å². The summed E-state index contributed by atoms with van der Waals surface area (Å²) in [5.74, 6) is -0.597. The Bertz CT molecular complexity index is 717.